The minimum absolute atomic E-state index is 0.117. The molecule has 2 atom stereocenters. The van der Waals surface area contributed by atoms with E-state index >= 15 is 0 Å². The highest BCUT2D eigenvalue weighted by atomic mass is 32.2. The van der Waals surface area contributed by atoms with Crippen molar-refractivity contribution in [1.29, 1.82) is 0 Å². The molecule has 0 saturated heterocycles. The summed E-state index contributed by atoms with van der Waals surface area (Å²) in [6, 6.07) is 8.62. The van der Waals surface area contributed by atoms with Gasteiger partial charge in [-0.3, -0.25) is 4.79 Å². The van der Waals surface area contributed by atoms with E-state index in [1.54, 1.807) is 0 Å². The molecule has 0 radical (unpaired) electrons. The molecule has 94 valence electrons. The molecule has 0 unspecified atom stereocenters. The molecule has 18 heavy (non-hydrogen) atoms. The van der Waals surface area contributed by atoms with E-state index in [0.29, 0.717) is 11.2 Å². The SMILES string of the molecule is C[C@@]12CCC(=O)[C@@H](C1)C1(C2)Sc2ccccc2S1. The molecular formula is C15H16OS2. The van der Waals surface area contributed by atoms with E-state index in [9.17, 15) is 4.79 Å². The van der Waals surface area contributed by atoms with Crippen LogP contribution in [-0.4, -0.2) is 9.86 Å². The molecule has 0 amide bonds. The van der Waals surface area contributed by atoms with Crippen LogP contribution in [-0.2, 0) is 4.79 Å². The van der Waals surface area contributed by atoms with E-state index in [2.05, 4.69) is 31.2 Å². The Morgan fingerprint density at radius 1 is 1.22 bits per heavy atom. The van der Waals surface area contributed by atoms with E-state index in [1.165, 1.54) is 16.2 Å². The average molecular weight is 276 g/mol. The fraction of sp³-hybridized carbons (Fsp3) is 0.533. The van der Waals surface area contributed by atoms with Gasteiger partial charge in [0, 0.05) is 22.1 Å². The van der Waals surface area contributed by atoms with Gasteiger partial charge in [-0.1, -0.05) is 19.1 Å². The van der Waals surface area contributed by atoms with Crippen LogP contribution in [0.1, 0.15) is 32.6 Å². The Kier molecular flexibility index (Phi) is 2.27. The average Bonchev–Trinajstić information content (AvgIpc) is 2.81. The lowest BCUT2D eigenvalue weighted by molar-refractivity contribution is -0.124. The van der Waals surface area contributed by atoms with Crippen LogP contribution in [0.25, 0.3) is 0 Å². The van der Waals surface area contributed by atoms with Crippen LogP contribution in [0.15, 0.2) is 34.1 Å². The number of Topliss-reactive ketones (excluding diaryl/α,β-unsaturated/α-hetero) is 1. The minimum Gasteiger partial charge on any atom is -0.299 e. The molecule has 0 aromatic heterocycles. The summed E-state index contributed by atoms with van der Waals surface area (Å²) in [6.45, 7) is 2.38. The van der Waals surface area contributed by atoms with Gasteiger partial charge in [-0.05, 0) is 36.8 Å². The van der Waals surface area contributed by atoms with Crippen LogP contribution in [0.4, 0.5) is 0 Å². The van der Waals surface area contributed by atoms with Crippen molar-refractivity contribution in [1.82, 2.24) is 0 Å². The van der Waals surface area contributed by atoms with Crippen molar-refractivity contribution in [3.05, 3.63) is 24.3 Å². The van der Waals surface area contributed by atoms with Gasteiger partial charge in [0.25, 0.3) is 0 Å². The van der Waals surface area contributed by atoms with Gasteiger partial charge in [0.05, 0.1) is 4.08 Å². The zero-order valence-corrected chi connectivity index (χ0v) is 12.1. The molecule has 4 rings (SSSR count). The Morgan fingerprint density at radius 3 is 2.56 bits per heavy atom. The highest BCUT2D eigenvalue weighted by molar-refractivity contribution is 8.20. The summed E-state index contributed by atoms with van der Waals surface area (Å²) in [5.74, 6) is 0.788. The summed E-state index contributed by atoms with van der Waals surface area (Å²) >= 11 is 3.93. The van der Waals surface area contributed by atoms with Gasteiger partial charge in [0.2, 0.25) is 0 Å². The predicted molar refractivity (Wildman–Crippen MR) is 76.0 cm³/mol. The summed E-state index contributed by atoms with van der Waals surface area (Å²) in [5.41, 5.74) is 0.403. The second kappa shape index (κ2) is 3.57. The van der Waals surface area contributed by atoms with Gasteiger partial charge in [-0.15, -0.1) is 23.5 Å². The molecule has 1 aliphatic heterocycles. The van der Waals surface area contributed by atoms with Crippen molar-refractivity contribution in [2.24, 2.45) is 11.3 Å². The first-order valence-electron chi connectivity index (χ1n) is 6.60. The van der Waals surface area contributed by atoms with Crippen molar-refractivity contribution >= 4 is 29.3 Å². The fourth-order valence-corrected chi connectivity index (χ4v) is 7.70. The van der Waals surface area contributed by atoms with E-state index in [1.807, 2.05) is 23.5 Å². The number of thioether (sulfide) groups is 2. The first-order chi connectivity index (χ1) is 8.60. The van der Waals surface area contributed by atoms with E-state index in [-0.39, 0.29) is 10.00 Å². The van der Waals surface area contributed by atoms with Crippen molar-refractivity contribution in [2.75, 3.05) is 0 Å². The smallest absolute Gasteiger partial charge is 0.138 e. The highest BCUT2D eigenvalue weighted by Gasteiger charge is 2.60. The number of rotatable bonds is 0. The third-order valence-corrected chi connectivity index (χ3v) is 8.01. The molecular weight excluding hydrogens is 260 g/mol. The Balaban J connectivity index is 1.77. The molecule has 0 N–H and O–H groups in total. The standard InChI is InChI=1S/C15H16OS2/c1-14-7-6-11(16)10(8-14)15(9-14)17-12-4-2-3-5-13(12)18-15/h2-5,10H,6-9H2,1H3/t10-,14-/m1/s1. The lowest BCUT2D eigenvalue weighted by Crippen LogP contribution is -2.30. The molecule has 2 bridgehead atoms. The van der Waals surface area contributed by atoms with Crippen LogP contribution < -0.4 is 0 Å². The third-order valence-electron chi connectivity index (χ3n) is 4.68. The molecule has 1 aromatic carbocycles. The predicted octanol–water partition coefficient (Wildman–Crippen LogP) is 4.36. The third kappa shape index (κ3) is 1.47. The molecule has 1 heterocycles. The molecule has 1 aromatic rings. The quantitative estimate of drug-likeness (QED) is 0.701. The summed E-state index contributed by atoms with van der Waals surface area (Å²) < 4.78 is 0.117. The minimum atomic E-state index is 0.117. The van der Waals surface area contributed by atoms with Gasteiger partial charge >= 0.3 is 0 Å². The number of carbonyl (C=O) groups is 1. The maximum atomic E-state index is 12.3. The summed E-state index contributed by atoms with van der Waals surface area (Å²) in [6.07, 6.45) is 4.21. The maximum Gasteiger partial charge on any atom is 0.138 e. The van der Waals surface area contributed by atoms with E-state index < -0.39 is 0 Å². The van der Waals surface area contributed by atoms with Crippen molar-refractivity contribution < 1.29 is 4.79 Å². The van der Waals surface area contributed by atoms with Crippen LogP contribution in [0, 0.1) is 11.3 Å². The monoisotopic (exact) mass is 276 g/mol. The Morgan fingerprint density at radius 2 is 1.89 bits per heavy atom. The normalized spacial score (nSPS) is 36.1. The van der Waals surface area contributed by atoms with Gasteiger partial charge in [-0.25, -0.2) is 0 Å². The molecule has 2 saturated carbocycles. The molecule has 2 aliphatic carbocycles. The van der Waals surface area contributed by atoms with Crippen LogP contribution in [0.3, 0.4) is 0 Å². The molecule has 3 heteroatoms. The Hall–Kier alpha value is -0.410. The molecule has 3 aliphatic rings. The number of carbonyl (C=O) groups excluding carboxylic acids is 1. The van der Waals surface area contributed by atoms with Gasteiger partial charge in [0.15, 0.2) is 0 Å². The van der Waals surface area contributed by atoms with Crippen LogP contribution >= 0.6 is 23.5 Å². The lowest BCUT2D eigenvalue weighted by Gasteiger charge is -2.28. The van der Waals surface area contributed by atoms with Gasteiger partial charge in [-0.2, -0.15) is 0 Å². The zero-order valence-electron chi connectivity index (χ0n) is 10.4. The maximum absolute atomic E-state index is 12.3. The number of fused-ring (bicyclic) bond motifs is 4. The highest BCUT2D eigenvalue weighted by Crippen LogP contribution is 2.70. The largest absolute Gasteiger partial charge is 0.299 e. The van der Waals surface area contributed by atoms with Crippen molar-refractivity contribution in [2.45, 2.75) is 46.5 Å². The number of hydrogen-bond acceptors (Lipinski definition) is 3. The summed E-state index contributed by atoms with van der Waals surface area (Å²) in [7, 11) is 0. The molecule has 1 spiro atoms. The Bertz CT molecular complexity index is 514. The van der Waals surface area contributed by atoms with E-state index in [0.717, 1.165) is 19.3 Å². The first-order valence-corrected chi connectivity index (χ1v) is 8.23. The van der Waals surface area contributed by atoms with Crippen molar-refractivity contribution in [3.63, 3.8) is 0 Å². The first kappa shape index (κ1) is 11.4. The fourth-order valence-electron chi connectivity index (χ4n) is 3.81. The topological polar surface area (TPSA) is 17.1 Å². The molecule has 1 nitrogen and oxygen atoms in total. The van der Waals surface area contributed by atoms with Crippen LogP contribution in [0.2, 0.25) is 0 Å². The van der Waals surface area contributed by atoms with Gasteiger partial charge < -0.3 is 0 Å². The number of hydrogen-bond donors (Lipinski definition) is 0. The molecule has 2 fully saturated rings. The summed E-state index contributed by atoms with van der Waals surface area (Å²) in [4.78, 5) is 15.0. The van der Waals surface area contributed by atoms with Gasteiger partial charge in [0.1, 0.15) is 5.78 Å². The summed E-state index contributed by atoms with van der Waals surface area (Å²) in [5, 5.41) is 0. The van der Waals surface area contributed by atoms with Crippen LogP contribution in [0.5, 0.6) is 0 Å². The number of ketones is 1. The second-order valence-electron chi connectivity index (χ2n) is 6.17. The van der Waals surface area contributed by atoms with E-state index in [4.69, 9.17) is 0 Å². The second-order valence-corrected chi connectivity index (χ2v) is 9.18. The van der Waals surface area contributed by atoms with Crippen molar-refractivity contribution in [3.8, 4) is 0 Å². The zero-order chi connectivity index (χ0) is 12.4. The lowest BCUT2D eigenvalue weighted by atomic mass is 9.77. The Labute approximate surface area is 116 Å². The number of benzene rings is 1.